The van der Waals surface area contributed by atoms with E-state index in [2.05, 4.69) is 17.2 Å². The Bertz CT molecular complexity index is 509. The van der Waals surface area contributed by atoms with Gasteiger partial charge in [0.05, 0.1) is 22.6 Å². The Hall–Kier alpha value is -1.49. The van der Waals surface area contributed by atoms with Gasteiger partial charge in [-0.05, 0) is 37.8 Å². The molecule has 1 fully saturated rings. The molecular formula is C14H19N3OS. The van der Waals surface area contributed by atoms with Crippen molar-refractivity contribution in [2.24, 2.45) is 17.1 Å². The van der Waals surface area contributed by atoms with Crippen LogP contribution in [0.3, 0.4) is 0 Å². The first kappa shape index (κ1) is 13.9. The average molecular weight is 277 g/mol. The van der Waals surface area contributed by atoms with Crippen LogP contribution >= 0.6 is 12.2 Å². The van der Waals surface area contributed by atoms with Crippen LogP contribution in [0.15, 0.2) is 18.2 Å². The van der Waals surface area contributed by atoms with E-state index < -0.39 is 5.41 Å². The maximum absolute atomic E-state index is 12.3. The van der Waals surface area contributed by atoms with Gasteiger partial charge in [-0.2, -0.15) is 0 Å². The number of amides is 1. The molecule has 4 nitrogen and oxygen atoms in total. The quantitative estimate of drug-likeness (QED) is 0.822. The number of nitrogens with one attached hydrogen (secondary N) is 1. The number of nitrogens with zero attached hydrogens (tertiary/aromatic N) is 1. The molecule has 0 radical (unpaired) electrons. The van der Waals surface area contributed by atoms with Gasteiger partial charge < -0.3 is 11.1 Å². The van der Waals surface area contributed by atoms with Crippen molar-refractivity contribution >= 4 is 23.1 Å². The second kappa shape index (κ2) is 5.25. The summed E-state index contributed by atoms with van der Waals surface area (Å²) in [5.74, 6) is 0.436. The Morgan fingerprint density at radius 2 is 2.26 bits per heavy atom. The normalized spacial score (nSPS) is 25.5. The Labute approximate surface area is 118 Å². The molecule has 2 rings (SSSR count). The monoisotopic (exact) mass is 277 g/mol. The molecule has 1 aliphatic rings. The van der Waals surface area contributed by atoms with E-state index >= 15 is 0 Å². The highest BCUT2D eigenvalue weighted by atomic mass is 32.1. The molecule has 1 aromatic heterocycles. The van der Waals surface area contributed by atoms with Gasteiger partial charge in [0, 0.05) is 5.69 Å². The largest absolute Gasteiger partial charge is 0.392 e. The molecule has 5 heteroatoms. The first-order valence-corrected chi connectivity index (χ1v) is 6.85. The lowest BCUT2D eigenvalue weighted by Crippen LogP contribution is -2.55. The van der Waals surface area contributed by atoms with Gasteiger partial charge in [0.15, 0.2) is 0 Å². The number of aromatic nitrogens is 1. The number of hydrogen-bond donors (Lipinski definition) is 2. The first-order chi connectivity index (χ1) is 8.94. The van der Waals surface area contributed by atoms with Crippen LogP contribution in [0, 0.1) is 18.3 Å². The number of carbonyl (C=O) groups excluding carboxylic acids is 1. The number of aryl methyl sites for hydroxylation is 1. The van der Waals surface area contributed by atoms with Gasteiger partial charge in [-0.15, -0.1) is 0 Å². The van der Waals surface area contributed by atoms with Gasteiger partial charge in [0.1, 0.15) is 0 Å². The highest BCUT2D eigenvalue weighted by Gasteiger charge is 2.50. The summed E-state index contributed by atoms with van der Waals surface area (Å²) in [5.41, 5.74) is 6.89. The van der Waals surface area contributed by atoms with E-state index in [1.807, 2.05) is 25.1 Å². The zero-order valence-corrected chi connectivity index (χ0v) is 12.1. The van der Waals surface area contributed by atoms with Crippen LogP contribution in [0.5, 0.6) is 0 Å². The smallest absolute Gasteiger partial charge is 0.233 e. The summed E-state index contributed by atoms with van der Waals surface area (Å²) < 4.78 is 0. The number of hydrogen-bond acceptors (Lipinski definition) is 3. The second-order valence-electron chi connectivity index (χ2n) is 5.41. The predicted octanol–water partition coefficient (Wildman–Crippen LogP) is 1.71. The molecule has 1 heterocycles. The van der Waals surface area contributed by atoms with Crippen molar-refractivity contribution in [2.45, 2.75) is 33.2 Å². The molecule has 0 bridgehead atoms. The fourth-order valence-corrected chi connectivity index (χ4v) is 2.93. The predicted molar refractivity (Wildman–Crippen MR) is 78.4 cm³/mol. The Balaban J connectivity index is 1.99. The number of rotatable bonds is 4. The summed E-state index contributed by atoms with van der Waals surface area (Å²) >= 11 is 5.06. The fraction of sp³-hybridized carbons (Fsp3) is 0.500. The number of carbonyl (C=O) groups is 1. The molecule has 0 spiro atoms. The second-order valence-corrected chi connectivity index (χ2v) is 5.85. The average Bonchev–Trinajstić information content (AvgIpc) is 2.31. The summed E-state index contributed by atoms with van der Waals surface area (Å²) in [7, 11) is 0. The van der Waals surface area contributed by atoms with Gasteiger partial charge >= 0.3 is 0 Å². The van der Waals surface area contributed by atoms with Crippen molar-refractivity contribution in [2.75, 3.05) is 0 Å². The van der Waals surface area contributed by atoms with Crippen molar-refractivity contribution in [1.29, 1.82) is 0 Å². The van der Waals surface area contributed by atoms with E-state index in [0.29, 0.717) is 17.5 Å². The lowest BCUT2D eigenvalue weighted by atomic mass is 9.62. The molecule has 102 valence electrons. The molecule has 3 N–H and O–H groups in total. The number of nitrogens with two attached hydrogens (primary N) is 1. The molecule has 0 aromatic carbocycles. The van der Waals surface area contributed by atoms with Crippen LogP contribution in [-0.2, 0) is 11.3 Å². The van der Waals surface area contributed by atoms with Crippen molar-refractivity contribution < 1.29 is 4.79 Å². The minimum atomic E-state index is -0.640. The maximum atomic E-state index is 12.3. The van der Waals surface area contributed by atoms with E-state index in [1.54, 1.807) is 0 Å². The molecule has 0 aliphatic heterocycles. The minimum Gasteiger partial charge on any atom is -0.392 e. The molecule has 19 heavy (non-hydrogen) atoms. The SMILES string of the molecule is Cc1cccc(CNC(=O)C2(C(N)=S)CC(C)C2)n1. The van der Waals surface area contributed by atoms with Gasteiger partial charge in [0.2, 0.25) is 5.91 Å². The Morgan fingerprint density at radius 3 is 2.79 bits per heavy atom. The Morgan fingerprint density at radius 1 is 1.58 bits per heavy atom. The topological polar surface area (TPSA) is 68.0 Å². The summed E-state index contributed by atoms with van der Waals surface area (Å²) in [6, 6.07) is 5.75. The zero-order chi connectivity index (χ0) is 14.0. The van der Waals surface area contributed by atoms with Crippen LogP contribution in [0.1, 0.15) is 31.2 Å². The van der Waals surface area contributed by atoms with Gasteiger partial charge in [-0.1, -0.05) is 25.2 Å². The lowest BCUT2D eigenvalue weighted by Gasteiger charge is -2.44. The van der Waals surface area contributed by atoms with Gasteiger partial charge in [-0.25, -0.2) is 0 Å². The standard InChI is InChI=1S/C14H19N3OS/c1-9-6-14(7-9,12(15)19)13(18)16-8-11-5-3-4-10(2)17-11/h3-5,9H,6-8H2,1-2H3,(H2,15,19)(H,16,18). The molecule has 1 aromatic rings. The highest BCUT2D eigenvalue weighted by molar-refractivity contribution is 7.80. The van der Waals surface area contributed by atoms with E-state index in [1.165, 1.54) is 0 Å². The molecule has 0 unspecified atom stereocenters. The summed E-state index contributed by atoms with van der Waals surface area (Å²) in [4.78, 5) is 16.9. The van der Waals surface area contributed by atoms with E-state index in [0.717, 1.165) is 24.2 Å². The lowest BCUT2D eigenvalue weighted by molar-refractivity contribution is -0.133. The van der Waals surface area contributed by atoms with Crippen molar-refractivity contribution in [3.63, 3.8) is 0 Å². The number of pyridine rings is 1. The third-order valence-electron chi connectivity index (χ3n) is 3.68. The van der Waals surface area contributed by atoms with Crippen LogP contribution in [-0.4, -0.2) is 15.9 Å². The van der Waals surface area contributed by atoms with Crippen LogP contribution in [0.4, 0.5) is 0 Å². The molecular weight excluding hydrogens is 258 g/mol. The minimum absolute atomic E-state index is 0.0681. The third-order valence-corrected chi connectivity index (χ3v) is 4.07. The summed E-state index contributed by atoms with van der Waals surface area (Å²) in [5, 5.41) is 2.90. The van der Waals surface area contributed by atoms with Crippen LogP contribution < -0.4 is 11.1 Å². The maximum Gasteiger partial charge on any atom is 0.233 e. The zero-order valence-electron chi connectivity index (χ0n) is 11.3. The van der Waals surface area contributed by atoms with E-state index in [9.17, 15) is 4.79 Å². The molecule has 1 aliphatic carbocycles. The fourth-order valence-electron chi connectivity index (χ4n) is 2.67. The van der Waals surface area contributed by atoms with Crippen LogP contribution in [0.25, 0.3) is 0 Å². The van der Waals surface area contributed by atoms with E-state index in [-0.39, 0.29) is 5.91 Å². The van der Waals surface area contributed by atoms with Gasteiger partial charge in [0.25, 0.3) is 0 Å². The first-order valence-electron chi connectivity index (χ1n) is 6.45. The summed E-state index contributed by atoms with van der Waals surface area (Å²) in [6.07, 6.45) is 1.49. The summed E-state index contributed by atoms with van der Waals surface area (Å²) in [6.45, 7) is 4.45. The van der Waals surface area contributed by atoms with Crippen molar-refractivity contribution in [3.05, 3.63) is 29.6 Å². The van der Waals surface area contributed by atoms with Crippen molar-refractivity contribution in [1.82, 2.24) is 10.3 Å². The molecule has 0 atom stereocenters. The van der Waals surface area contributed by atoms with Gasteiger partial charge in [-0.3, -0.25) is 9.78 Å². The molecule has 1 amide bonds. The van der Waals surface area contributed by atoms with E-state index in [4.69, 9.17) is 18.0 Å². The van der Waals surface area contributed by atoms with Crippen LogP contribution in [0.2, 0.25) is 0 Å². The Kier molecular flexibility index (Phi) is 3.85. The molecule has 0 saturated heterocycles. The number of thiocarbonyl (C=S) groups is 1. The molecule has 1 saturated carbocycles. The third kappa shape index (κ3) is 2.76. The van der Waals surface area contributed by atoms with Crippen molar-refractivity contribution in [3.8, 4) is 0 Å². The highest BCUT2D eigenvalue weighted by Crippen LogP contribution is 2.45.